The van der Waals surface area contributed by atoms with E-state index in [9.17, 15) is 4.79 Å². The highest BCUT2D eigenvalue weighted by Gasteiger charge is 2.22. The number of nitrogens with two attached hydrogens (primary N) is 1. The minimum Gasteiger partial charge on any atom is -0.489 e. The molecule has 1 amide bonds. The maximum absolute atomic E-state index is 12.4. The molecule has 1 unspecified atom stereocenters. The van der Waals surface area contributed by atoms with Crippen LogP contribution in [-0.2, 0) is 4.74 Å². The van der Waals surface area contributed by atoms with Crippen molar-refractivity contribution in [1.82, 2.24) is 4.90 Å². The Balaban J connectivity index is 2.12. The number of carbonyl (C=O) groups is 1. The molecule has 0 radical (unpaired) electrons. The van der Waals surface area contributed by atoms with Gasteiger partial charge in [0.1, 0.15) is 5.75 Å². The van der Waals surface area contributed by atoms with Crippen LogP contribution in [0.5, 0.6) is 5.75 Å². The summed E-state index contributed by atoms with van der Waals surface area (Å²) < 4.78 is 11.0. The van der Waals surface area contributed by atoms with Gasteiger partial charge in [-0.15, -0.1) is 0 Å². The van der Waals surface area contributed by atoms with Gasteiger partial charge in [-0.05, 0) is 39.0 Å². The van der Waals surface area contributed by atoms with Gasteiger partial charge in [0.15, 0.2) is 0 Å². The highest BCUT2D eigenvalue weighted by Crippen LogP contribution is 2.24. The summed E-state index contributed by atoms with van der Waals surface area (Å²) in [4.78, 5) is 14.2. The van der Waals surface area contributed by atoms with Crippen molar-refractivity contribution in [2.75, 3.05) is 25.4 Å². The third-order valence-corrected chi connectivity index (χ3v) is 3.15. The second-order valence-corrected chi connectivity index (χ2v) is 5.35. The monoisotopic (exact) mass is 278 g/mol. The van der Waals surface area contributed by atoms with Crippen LogP contribution in [0, 0.1) is 0 Å². The highest BCUT2D eigenvalue weighted by molar-refractivity contribution is 5.95. The number of amides is 1. The molecule has 110 valence electrons. The molecule has 1 heterocycles. The highest BCUT2D eigenvalue weighted by atomic mass is 16.5. The summed E-state index contributed by atoms with van der Waals surface area (Å²) in [6.45, 7) is 7.65. The molecule has 5 heteroatoms. The molecule has 2 N–H and O–H groups in total. The van der Waals surface area contributed by atoms with Crippen molar-refractivity contribution >= 4 is 11.6 Å². The van der Waals surface area contributed by atoms with E-state index in [4.69, 9.17) is 15.2 Å². The average molecular weight is 278 g/mol. The largest absolute Gasteiger partial charge is 0.489 e. The second kappa shape index (κ2) is 6.13. The second-order valence-electron chi connectivity index (χ2n) is 5.35. The summed E-state index contributed by atoms with van der Waals surface area (Å²) in [6.07, 6.45) is 0.132. The smallest absolute Gasteiger partial charge is 0.254 e. The third kappa shape index (κ3) is 3.42. The van der Waals surface area contributed by atoms with Crippen molar-refractivity contribution in [3.63, 3.8) is 0 Å². The predicted molar refractivity (Wildman–Crippen MR) is 77.9 cm³/mol. The Labute approximate surface area is 119 Å². The topological polar surface area (TPSA) is 64.8 Å². The molecule has 5 nitrogen and oxygen atoms in total. The van der Waals surface area contributed by atoms with E-state index >= 15 is 0 Å². The van der Waals surface area contributed by atoms with Gasteiger partial charge in [0.2, 0.25) is 0 Å². The lowest BCUT2D eigenvalue weighted by Crippen LogP contribution is -2.44. The summed E-state index contributed by atoms with van der Waals surface area (Å²) in [5, 5.41) is 0. The van der Waals surface area contributed by atoms with Gasteiger partial charge in [-0.3, -0.25) is 4.79 Å². The first-order chi connectivity index (χ1) is 9.47. The minimum absolute atomic E-state index is 0.0112. The van der Waals surface area contributed by atoms with Crippen molar-refractivity contribution in [2.24, 2.45) is 0 Å². The van der Waals surface area contributed by atoms with E-state index in [1.807, 2.05) is 20.8 Å². The Hall–Kier alpha value is -1.75. The fourth-order valence-electron chi connectivity index (χ4n) is 2.23. The van der Waals surface area contributed by atoms with Crippen LogP contribution in [-0.4, -0.2) is 42.7 Å². The van der Waals surface area contributed by atoms with Gasteiger partial charge in [-0.1, -0.05) is 0 Å². The quantitative estimate of drug-likeness (QED) is 0.858. The summed E-state index contributed by atoms with van der Waals surface area (Å²) in [5.74, 6) is 0.606. The Morgan fingerprint density at radius 3 is 2.85 bits per heavy atom. The molecule has 1 aliphatic rings. The van der Waals surface area contributed by atoms with Crippen LogP contribution >= 0.6 is 0 Å². The summed E-state index contributed by atoms with van der Waals surface area (Å²) in [7, 11) is 0. The van der Waals surface area contributed by atoms with E-state index in [0.717, 1.165) is 0 Å². The molecule has 1 fully saturated rings. The fourth-order valence-corrected chi connectivity index (χ4v) is 2.23. The van der Waals surface area contributed by atoms with Crippen LogP contribution in [0.15, 0.2) is 18.2 Å². The van der Waals surface area contributed by atoms with E-state index < -0.39 is 0 Å². The first-order valence-electron chi connectivity index (χ1n) is 6.94. The number of morpholine rings is 1. The Kier molecular flexibility index (Phi) is 4.49. The van der Waals surface area contributed by atoms with Gasteiger partial charge in [-0.2, -0.15) is 0 Å². The van der Waals surface area contributed by atoms with Crippen LogP contribution in [0.3, 0.4) is 0 Å². The van der Waals surface area contributed by atoms with Crippen LogP contribution in [0.4, 0.5) is 5.69 Å². The zero-order valence-electron chi connectivity index (χ0n) is 12.3. The van der Waals surface area contributed by atoms with Crippen molar-refractivity contribution in [2.45, 2.75) is 33.0 Å². The van der Waals surface area contributed by atoms with E-state index in [0.29, 0.717) is 36.7 Å². The van der Waals surface area contributed by atoms with Gasteiger partial charge in [-0.25, -0.2) is 0 Å². The van der Waals surface area contributed by atoms with E-state index in [-0.39, 0.29) is 18.1 Å². The number of ether oxygens (including phenoxy) is 2. The number of benzene rings is 1. The standard InChI is InChI=1S/C15H22N2O3/c1-10(2)20-14-5-4-12(8-13(14)16)15(18)17-6-7-19-11(3)9-17/h4-5,8,10-11H,6-7,9,16H2,1-3H3. The van der Waals surface area contributed by atoms with Crippen LogP contribution < -0.4 is 10.5 Å². The van der Waals surface area contributed by atoms with Gasteiger partial charge in [0, 0.05) is 18.7 Å². The average Bonchev–Trinajstić information content (AvgIpc) is 2.40. The molecule has 2 rings (SSSR count). The normalized spacial score (nSPS) is 19.2. The molecule has 1 aliphatic heterocycles. The molecule has 1 atom stereocenters. The molecule has 0 aromatic heterocycles. The number of hydrogen-bond acceptors (Lipinski definition) is 4. The molecule has 0 bridgehead atoms. The predicted octanol–water partition coefficient (Wildman–Crippen LogP) is 1.92. The number of rotatable bonds is 3. The fraction of sp³-hybridized carbons (Fsp3) is 0.533. The SMILES string of the molecule is CC(C)Oc1ccc(C(=O)N2CCOC(C)C2)cc1N. The first-order valence-corrected chi connectivity index (χ1v) is 6.94. The summed E-state index contributed by atoms with van der Waals surface area (Å²) in [5.41, 5.74) is 7.03. The Morgan fingerprint density at radius 2 is 2.25 bits per heavy atom. The van der Waals surface area contributed by atoms with Gasteiger partial charge < -0.3 is 20.1 Å². The maximum Gasteiger partial charge on any atom is 0.254 e. The Bertz CT molecular complexity index is 488. The van der Waals surface area contributed by atoms with E-state index in [2.05, 4.69) is 0 Å². The van der Waals surface area contributed by atoms with Crippen LogP contribution in [0.25, 0.3) is 0 Å². The molecular weight excluding hydrogens is 256 g/mol. The molecule has 20 heavy (non-hydrogen) atoms. The lowest BCUT2D eigenvalue weighted by atomic mass is 10.1. The van der Waals surface area contributed by atoms with Gasteiger partial charge in [0.05, 0.1) is 24.5 Å². The van der Waals surface area contributed by atoms with Crippen molar-refractivity contribution < 1.29 is 14.3 Å². The number of nitrogens with zero attached hydrogens (tertiary/aromatic N) is 1. The summed E-state index contributed by atoms with van der Waals surface area (Å²) in [6, 6.07) is 5.20. The van der Waals surface area contributed by atoms with Crippen molar-refractivity contribution in [3.8, 4) is 5.75 Å². The Morgan fingerprint density at radius 1 is 1.50 bits per heavy atom. The van der Waals surface area contributed by atoms with E-state index in [1.165, 1.54) is 0 Å². The molecule has 0 aliphatic carbocycles. The zero-order valence-corrected chi connectivity index (χ0v) is 12.3. The zero-order chi connectivity index (χ0) is 14.7. The summed E-state index contributed by atoms with van der Waals surface area (Å²) >= 11 is 0. The van der Waals surface area contributed by atoms with Crippen molar-refractivity contribution in [1.29, 1.82) is 0 Å². The molecular formula is C15H22N2O3. The third-order valence-electron chi connectivity index (χ3n) is 3.15. The van der Waals surface area contributed by atoms with Gasteiger partial charge in [0.25, 0.3) is 5.91 Å². The molecule has 1 aromatic carbocycles. The van der Waals surface area contributed by atoms with Gasteiger partial charge >= 0.3 is 0 Å². The van der Waals surface area contributed by atoms with Crippen molar-refractivity contribution in [3.05, 3.63) is 23.8 Å². The lowest BCUT2D eigenvalue weighted by molar-refractivity contribution is -0.0124. The molecule has 1 aromatic rings. The van der Waals surface area contributed by atoms with E-state index in [1.54, 1.807) is 23.1 Å². The minimum atomic E-state index is -0.0112. The molecule has 0 spiro atoms. The molecule has 0 saturated carbocycles. The molecule has 1 saturated heterocycles. The number of anilines is 1. The number of hydrogen-bond donors (Lipinski definition) is 1. The lowest BCUT2D eigenvalue weighted by Gasteiger charge is -2.31. The van der Waals surface area contributed by atoms with Crippen LogP contribution in [0.2, 0.25) is 0 Å². The first kappa shape index (κ1) is 14.7. The van der Waals surface area contributed by atoms with Crippen LogP contribution in [0.1, 0.15) is 31.1 Å². The maximum atomic E-state index is 12.4. The number of carbonyl (C=O) groups excluding carboxylic acids is 1. The number of nitrogen functional groups attached to an aromatic ring is 1.